The Balaban J connectivity index is 1.42. The summed E-state index contributed by atoms with van der Waals surface area (Å²) < 4.78 is 10.7. The fourth-order valence-corrected chi connectivity index (χ4v) is 3.22. The maximum atomic E-state index is 5.39. The number of aromatic nitrogens is 3. The number of nitrogens with zero attached hydrogens (tertiary/aromatic N) is 5. The van der Waals surface area contributed by atoms with Crippen molar-refractivity contribution in [3.05, 3.63) is 24.2 Å². The van der Waals surface area contributed by atoms with Crippen molar-refractivity contribution in [3.8, 4) is 11.4 Å². The average molecular weight is 329 g/mol. The molecule has 0 N–H and O–H groups in total. The molecule has 2 aliphatic rings. The van der Waals surface area contributed by atoms with Gasteiger partial charge in [-0.15, -0.1) is 0 Å². The monoisotopic (exact) mass is 329 g/mol. The maximum absolute atomic E-state index is 5.39. The average Bonchev–Trinajstić information content (AvgIpc) is 3.12. The van der Waals surface area contributed by atoms with E-state index in [9.17, 15) is 0 Å². The SMILES string of the molecule is c1cc(N2CCCCC2)ncc1-c1noc(CN2CCOCC2)n1. The molecule has 7 heteroatoms. The predicted molar refractivity (Wildman–Crippen MR) is 89.7 cm³/mol. The molecule has 2 aromatic heterocycles. The summed E-state index contributed by atoms with van der Waals surface area (Å²) in [6, 6.07) is 4.08. The predicted octanol–water partition coefficient (Wildman–Crippen LogP) is 1.95. The summed E-state index contributed by atoms with van der Waals surface area (Å²) in [5.41, 5.74) is 0.896. The molecule has 4 rings (SSSR count). The minimum absolute atomic E-state index is 0.607. The quantitative estimate of drug-likeness (QED) is 0.849. The van der Waals surface area contributed by atoms with Crippen LogP contribution in [0.5, 0.6) is 0 Å². The van der Waals surface area contributed by atoms with Crippen LogP contribution in [0.4, 0.5) is 5.82 Å². The van der Waals surface area contributed by atoms with Crippen molar-refractivity contribution in [2.24, 2.45) is 0 Å². The van der Waals surface area contributed by atoms with Crippen molar-refractivity contribution in [3.63, 3.8) is 0 Å². The van der Waals surface area contributed by atoms with Crippen molar-refractivity contribution in [1.29, 1.82) is 0 Å². The van der Waals surface area contributed by atoms with Gasteiger partial charge in [0.25, 0.3) is 0 Å². The number of hydrogen-bond donors (Lipinski definition) is 0. The molecule has 0 spiro atoms. The van der Waals surface area contributed by atoms with Gasteiger partial charge in [-0.25, -0.2) is 4.98 Å². The third kappa shape index (κ3) is 3.57. The Morgan fingerprint density at radius 1 is 1.00 bits per heavy atom. The summed E-state index contributed by atoms with van der Waals surface area (Å²) in [5, 5.41) is 4.10. The Hall–Kier alpha value is -1.99. The zero-order valence-electron chi connectivity index (χ0n) is 13.9. The van der Waals surface area contributed by atoms with Crippen molar-refractivity contribution < 1.29 is 9.26 Å². The first-order chi connectivity index (χ1) is 11.9. The summed E-state index contributed by atoms with van der Waals surface area (Å²) in [6.45, 7) is 6.21. The first-order valence-electron chi connectivity index (χ1n) is 8.72. The Bertz CT molecular complexity index is 645. The van der Waals surface area contributed by atoms with Crippen LogP contribution in [-0.4, -0.2) is 59.4 Å². The molecule has 0 amide bonds. The molecule has 128 valence electrons. The van der Waals surface area contributed by atoms with E-state index in [0.29, 0.717) is 18.3 Å². The molecular weight excluding hydrogens is 306 g/mol. The number of ether oxygens (including phenoxy) is 1. The van der Waals surface area contributed by atoms with Crippen molar-refractivity contribution in [2.75, 3.05) is 44.3 Å². The van der Waals surface area contributed by atoms with Crippen LogP contribution in [-0.2, 0) is 11.3 Å². The smallest absolute Gasteiger partial charge is 0.241 e. The fraction of sp³-hybridized carbons (Fsp3) is 0.588. The van der Waals surface area contributed by atoms with Crippen molar-refractivity contribution in [2.45, 2.75) is 25.8 Å². The molecule has 2 aromatic rings. The first-order valence-corrected chi connectivity index (χ1v) is 8.72. The maximum Gasteiger partial charge on any atom is 0.241 e. The van der Waals surface area contributed by atoms with E-state index in [1.54, 1.807) is 0 Å². The normalized spacial score (nSPS) is 19.6. The van der Waals surface area contributed by atoms with E-state index in [2.05, 4.69) is 31.0 Å². The lowest BCUT2D eigenvalue weighted by atomic mass is 10.1. The highest BCUT2D eigenvalue weighted by Gasteiger charge is 2.16. The highest BCUT2D eigenvalue weighted by atomic mass is 16.5. The van der Waals surface area contributed by atoms with Crippen LogP contribution in [0.2, 0.25) is 0 Å². The van der Waals surface area contributed by atoms with Crippen LogP contribution in [0.1, 0.15) is 25.2 Å². The van der Waals surface area contributed by atoms with Crippen LogP contribution in [0.25, 0.3) is 11.4 Å². The second-order valence-electron chi connectivity index (χ2n) is 6.35. The molecule has 0 aromatic carbocycles. The van der Waals surface area contributed by atoms with Gasteiger partial charge in [0.2, 0.25) is 11.7 Å². The van der Waals surface area contributed by atoms with Gasteiger partial charge in [0, 0.05) is 37.9 Å². The highest BCUT2D eigenvalue weighted by Crippen LogP contribution is 2.21. The van der Waals surface area contributed by atoms with Crippen molar-refractivity contribution in [1.82, 2.24) is 20.0 Å². The van der Waals surface area contributed by atoms with E-state index in [-0.39, 0.29) is 0 Å². The molecule has 0 radical (unpaired) electrons. The van der Waals surface area contributed by atoms with Gasteiger partial charge in [-0.3, -0.25) is 4.90 Å². The number of piperidine rings is 1. The topological polar surface area (TPSA) is 67.5 Å². The van der Waals surface area contributed by atoms with Crippen LogP contribution < -0.4 is 4.90 Å². The van der Waals surface area contributed by atoms with Gasteiger partial charge >= 0.3 is 0 Å². The summed E-state index contributed by atoms with van der Waals surface area (Å²) >= 11 is 0. The number of pyridine rings is 1. The summed E-state index contributed by atoms with van der Waals surface area (Å²) in [7, 11) is 0. The van der Waals surface area contributed by atoms with Gasteiger partial charge in [-0.1, -0.05) is 5.16 Å². The minimum atomic E-state index is 0.607. The van der Waals surface area contributed by atoms with Gasteiger partial charge < -0.3 is 14.2 Å². The largest absolute Gasteiger partial charge is 0.379 e. The Labute approximate surface area is 141 Å². The molecular formula is C17H23N5O2. The van der Waals surface area contributed by atoms with Crippen LogP contribution >= 0.6 is 0 Å². The van der Waals surface area contributed by atoms with E-state index in [1.165, 1.54) is 19.3 Å². The molecule has 0 aliphatic carbocycles. The lowest BCUT2D eigenvalue weighted by Gasteiger charge is -2.27. The first kappa shape index (κ1) is 15.5. The minimum Gasteiger partial charge on any atom is -0.379 e. The number of hydrogen-bond acceptors (Lipinski definition) is 7. The van der Waals surface area contributed by atoms with Crippen molar-refractivity contribution >= 4 is 5.82 Å². The van der Waals surface area contributed by atoms with E-state index in [0.717, 1.165) is 50.8 Å². The van der Waals surface area contributed by atoms with Crippen LogP contribution in [0.3, 0.4) is 0 Å². The fourth-order valence-electron chi connectivity index (χ4n) is 3.22. The summed E-state index contributed by atoms with van der Waals surface area (Å²) in [6.07, 6.45) is 5.66. The van der Waals surface area contributed by atoms with E-state index in [4.69, 9.17) is 9.26 Å². The second kappa shape index (κ2) is 7.27. The van der Waals surface area contributed by atoms with E-state index in [1.807, 2.05) is 12.3 Å². The summed E-state index contributed by atoms with van der Waals surface area (Å²) in [4.78, 5) is 13.7. The molecule has 2 saturated heterocycles. The molecule has 7 nitrogen and oxygen atoms in total. The Morgan fingerprint density at radius 2 is 1.83 bits per heavy atom. The zero-order chi connectivity index (χ0) is 16.2. The van der Waals surface area contributed by atoms with Gasteiger partial charge in [0.05, 0.1) is 19.8 Å². The van der Waals surface area contributed by atoms with Gasteiger partial charge in [0.1, 0.15) is 5.82 Å². The number of anilines is 1. The molecule has 0 bridgehead atoms. The molecule has 0 saturated carbocycles. The molecule has 2 fully saturated rings. The lowest BCUT2D eigenvalue weighted by Crippen LogP contribution is -2.35. The number of rotatable bonds is 4. The third-order valence-electron chi connectivity index (χ3n) is 4.62. The van der Waals surface area contributed by atoms with Gasteiger partial charge in [-0.2, -0.15) is 4.98 Å². The third-order valence-corrected chi connectivity index (χ3v) is 4.62. The second-order valence-corrected chi connectivity index (χ2v) is 6.35. The highest BCUT2D eigenvalue weighted by molar-refractivity contribution is 5.55. The number of morpholine rings is 1. The van der Waals surface area contributed by atoms with Gasteiger partial charge in [0.15, 0.2) is 0 Å². The Morgan fingerprint density at radius 3 is 2.58 bits per heavy atom. The van der Waals surface area contributed by atoms with E-state index < -0.39 is 0 Å². The lowest BCUT2D eigenvalue weighted by molar-refractivity contribution is 0.0297. The van der Waals surface area contributed by atoms with Crippen LogP contribution in [0, 0.1) is 0 Å². The Kier molecular flexibility index (Phi) is 4.71. The molecule has 0 unspecified atom stereocenters. The van der Waals surface area contributed by atoms with Gasteiger partial charge in [-0.05, 0) is 31.4 Å². The standard InChI is InChI=1S/C17H23N5O2/c1-2-6-22(7-3-1)15-5-4-14(12-18-15)17-19-16(24-20-17)13-21-8-10-23-11-9-21/h4-5,12H,1-3,6-11,13H2. The molecule has 4 heterocycles. The van der Waals surface area contributed by atoms with Crippen LogP contribution in [0.15, 0.2) is 22.9 Å². The zero-order valence-corrected chi connectivity index (χ0v) is 13.9. The summed E-state index contributed by atoms with van der Waals surface area (Å²) in [5.74, 6) is 2.29. The molecule has 0 atom stereocenters. The van der Waals surface area contributed by atoms with E-state index >= 15 is 0 Å². The molecule has 2 aliphatic heterocycles. The molecule has 24 heavy (non-hydrogen) atoms.